The Labute approximate surface area is 102 Å². The first-order chi connectivity index (χ1) is 8.20. The first kappa shape index (κ1) is 12.0. The van der Waals surface area contributed by atoms with Crippen molar-refractivity contribution >= 4 is 11.8 Å². The maximum Gasteiger partial charge on any atom is 0.412 e. The van der Waals surface area contributed by atoms with Gasteiger partial charge in [0.25, 0.3) is 0 Å². The molecule has 0 radical (unpaired) electrons. The number of benzene rings is 1. The quantitative estimate of drug-likeness (QED) is 0.843. The summed E-state index contributed by atoms with van der Waals surface area (Å²) in [7, 11) is 0. The Morgan fingerprint density at radius 3 is 2.47 bits per heavy atom. The largest absolute Gasteiger partial charge is 0.465 e. The van der Waals surface area contributed by atoms with Crippen LogP contribution in [0.3, 0.4) is 0 Å². The molecule has 1 aliphatic carbocycles. The summed E-state index contributed by atoms with van der Waals surface area (Å²) < 4.78 is 0. The Bertz CT molecular complexity index is 397. The fourth-order valence-corrected chi connectivity index (χ4v) is 2.63. The van der Waals surface area contributed by atoms with E-state index in [1.165, 1.54) is 6.42 Å². The Morgan fingerprint density at radius 1 is 1.24 bits per heavy atom. The van der Waals surface area contributed by atoms with Crippen LogP contribution in [0.5, 0.6) is 0 Å². The molecule has 1 N–H and O–H groups in total. The zero-order valence-corrected chi connectivity index (χ0v) is 10.2. The molecule has 1 saturated carbocycles. The Hall–Kier alpha value is -1.51. The molecule has 0 atom stereocenters. The number of para-hydroxylation sites is 1. The van der Waals surface area contributed by atoms with Crippen LogP contribution >= 0.6 is 0 Å². The lowest BCUT2D eigenvalue weighted by Crippen LogP contribution is -2.41. The van der Waals surface area contributed by atoms with Crippen molar-refractivity contribution in [1.82, 2.24) is 0 Å². The smallest absolute Gasteiger partial charge is 0.412 e. The molecule has 1 aliphatic rings. The topological polar surface area (TPSA) is 40.5 Å². The lowest BCUT2D eigenvalue weighted by Gasteiger charge is -2.33. The molecule has 1 fully saturated rings. The fraction of sp³-hybridized carbons (Fsp3) is 0.500. The van der Waals surface area contributed by atoms with E-state index in [9.17, 15) is 9.90 Å². The highest BCUT2D eigenvalue weighted by Crippen LogP contribution is 2.29. The predicted molar refractivity (Wildman–Crippen MR) is 68.6 cm³/mol. The van der Waals surface area contributed by atoms with E-state index in [1.54, 1.807) is 4.90 Å². The summed E-state index contributed by atoms with van der Waals surface area (Å²) in [5.74, 6) is 0. The summed E-state index contributed by atoms with van der Waals surface area (Å²) >= 11 is 0. The van der Waals surface area contributed by atoms with Crippen LogP contribution < -0.4 is 4.90 Å². The molecule has 0 aliphatic heterocycles. The van der Waals surface area contributed by atoms with E-state index in [0.717, 1.165) is 36.9 Å². The minimum atomic E-state index is -0.828. The van der Waals surface area contributed by atoms with Gasteiger partial charge in [-0.25, -0.2) is 4.79 Å². The van der Waals surface area contributed by atoms with Gasteiger partial charge in [-0.2, -0.15) is 0 Å². The second kappa shape index (κ2) is 5.21. The maximum atomic E-state index is 11.5. The molecule has 0 unspecified atom stereocenters. The average Bonchev–Trinajstić information content (AvgIpc) is 2.33. The van der Waals surface area contributed by atoms with Gasteiger partial charge in [-0.05, 0) is 31.4 Å². The van der Waals surface area contributed by atoms with E-state index in [0.29, 0.717) is 0 Å². The molecular formula is C14H19NO2. The molecule has 0 bridgehead atoms. The third-order valence-corrected chi connectivity index (χ3v) is 3.52. The highest BCUT2D eigenvalue weighted by Gasteiger charge is 2.27. The Balaban J connectivity index is 2.28. The molecule has 0 aromatic heterocycles. The zero-order chi connectivity index (χ0) is 12.3. The molecule has 1 aromatic rings. The molecule has 2 rings (SSSR count). The van der Waals surface area contributed by atoms with Crippen LogP contribution in [-0.2, 0) is 0 Å². The number of anilines is 1. The highest BCUT2D eigenvalue weighted by molar-refractivity contribution is 5.87. The highest BCUT2D eigenvalue weighted by atomic mass is 16.4. The summed E-state index contributed by atoms with van der Waals surface area (Å²) in [5, 5.41) is 9.43. The molecule has 0 spiro atoms. The van der Waals surface area contributed by atoms with Gasteiger partial charge in [0, 0.05) is 6.04 Å². The minimum Gasteiger partial charge on any atom is -0.465 e. The summed E-state index contributed by atoms with van der Waals surface area (Å²) in [6.07, 6.45) is 4.66. The van der Waals surface area contributed by atoms with Crippen molar-refractivity contribution in [2.24, 2.45) is 0 Å². The SMILES string of the molecule is Cc1ccccc1N(C(=O)O)C1CCCCC1. The van der Waals surface area contributed by atoms with Crippen LogP contribution in [0, 0.1) is 6.92 Å². The summed E-state index contributed by atoms with van der Waals surface area (Å²) in [4.78, 5) is 13.0. The number of amides is 1. The number of carbonyl (C=O) groups is 1. The molecular weight excluding hydrogens is 214 g/mol. The molecule has 92 valence electrons. The van der Waals surface area contributed by atoms with Gasteiger partial charge in [0.1, 0.15) is 0 Å². The second-order valence-corrected chi connectivity index (χ2v) is 4.73. The molecule has 0 saturated heterocycles. The van der Waals surface area contributed by atoms with Crippen molar-refractivity contribution in [3.8, 4) is 0 Å². The van der Waals surface area contributed by atoms with E-state index >= 15 is 0 Å². The first-order valence-corrected chi connectivity index (χ1v) is 6.28. The van der Waals surface area contributed by atoms with Crippen molar-refractivity contribution in [3.05, 3.63) is 29.8 Å². The normalized spacial score (nSPS) is 16.8. The number of rotatable bonds is 2. The van der Waals surface area contributed by atoms with Crippen LogP contribution in [0.1, 0.15) is 37.7 Å². The van der Waals surface area contributed by atoms with E-state index in [2.05, 4.69) is 0 Å². The minimum absolute atomic E-state index is 0.155. The van der Waals surface area contributed by atoms with Gasteiger partial charge in [0.05, 0.1) is 5.69 Å². The van der Waals surface area contributed by atoms with Crippen LogP contribution in [-0.4, -0.2) is 17.2 Å². The van der Waals surface area contributed by atoms with Crippen LogP contribution in [0.4, 0.5) is 10.5 Å². The monoisotopic (exact) mass is 233 g/mol. The Kier molecular flexibility index (Phi) is 3.67. The first-order valence-electron chi connectivity index (χ1n) is 6.28. The van der Waals surface area contributed by atoms with Gasteiger partial charge in [-0.15, -0.1) is 0 Å². The lowest BCUT2D eigenvalue weighted by molar-refractivity contribution is 0.196. The predicted octanol–water partition coefficient (Wildman–Crippen LogP) is 3.81. The fourth-order valence-electron chi connectivity index (χ4n) is 2.63. The van der Waals surface area contributed by atoms with Crippen molar-refractivity contribution < 1.29 is 9.90 Å². The van der Waals surface area contributed by atoms with Gasteiger partial charge >= 0.3 is 6.09 Å². The van der Waals surface area contributed by atoms with Crippen molar-refractivity contribution in [1.29, 1.82) is 0 Å². The van der Waals surface area contributed by atoms with Gasteiger partial charge in [-0.1, -0.05) is 37.5 Å². The van der Waals surface area contributed by atoms with Crippen molar-refractivity contribution in [3.63, 3.8) is 0 Å². The van der Waals surface area contributed by atoms with Crippen LogP contribution in [0.25, 0.3) is 0 Å². The molecule has 3 heteroatoms. The van der Waals surface area contributed by atoms with Gasteiger partial charge in [-0.3, -0.25) is 4.90 Å². The van der Waals surface area contributed by atoms with Crippen LogP contribution in [0.2, 0.25) is 0 Å². The summed E-state index contributed by atoms with van der Waals surface area (Å²) in [6.45, 7) is 1.97. The standard InChI is InChI=1S/C14H19NO2/c1-11-7-5-6-10-13(11)15(14(16)17)12-8-3-2-4-9-12/h5-7,10,12H,2-4,8-9H2,1H3,(H,16,17). The van der Waals surface area contributed by atoms with Crippen molar-refractivity contribution in [2.45, 2.75) is 45.1 Å². The van der Waals surface area contributed by atoms with Gasteiger partial charge in [0.15, 0.2) is 0 Å². The third-order valence-electron chi connectivity index (χ3n) is 3.52. The molecule has 1 aromatic carbocycles. The number of hydrogen-bond donors (Lipinski definition) is 1. The molecule has 17 heavy (non-hydrogen) atoms. The van der Waals surface area contributed by atoms with E-state index in [-0.39, 0.29) is 6.04 Å². The number of carboxylic acid groups (broad SMARTS) is 1. The summed E-state index contributed by atoms with van der Waals surface area (Å²) in [6, 6.07) is 7.87. The molecule has 1 amide bonds. The van der Waals surface area contributed by atoms with E-state index in [4.69, 9.17) is 0 Å². The van der Waals surface area contributed by atoms with Gasteiger partial charge < -0.3 is 5.11 Å². The average molecular weight is 233 g/mol. The van der Waals surface area contributed by atoms with Crippen molar-refractivity contribution in [2.75, 3.05) is 4.90 Å². The van der Waals surface area contributed by atoms with E-state index < -0.39 is 6.09 Å². The number of nitrogens with zero attached hydrogens (tertiary/aromatic N) is 1. The van der Waals surface area contributed by atoms with Gasteiger partial charge in [0.2, 0.25) is 0 Å². The lowest BCUT2D eigenvalue weighted by atomic mass is 9.93. The number of hydrogen-bond acceptors (Lipinski definition) is 1. The Morgan fingerprint density at radius 2 is 1.88 bits per heavy atom. The number of aryl methyl sites for hydroxylation is 1. The molecule has 0 heterocycles. The molecule has 3 nitrogen and oxygen atoms in total. The van der Waals surface area contributed by atoms with Crippen LogP contribution in [0.15, 0.2) is 24.3 Å². The third kappa shape index (κ3) is 2.60. The second-order valence-electron chi connectivity index (χ2n) is 4.73. The summed E-state index contributed by atoms with van der Waals surface area (Å²) in [5.41, 5.74) is 1.87. The van der Waals surface area contributed by atoms with E-state index in [1.807, 2.05) is 31.2 Å². The maximum absolute atomic E-state index is 11.5. The zero-order valence-electron chi connectivity index (χ0n) is 10.2.